The van der Waals surface area contributed by atoms with Gasteiger partial charge in [-0.3, -0.25) is 14.4 Å². The van der Waals surface area contributed by atoms with Crippen molar-refractivity contribution in [3.05, 3.63) is 274 Å². The van der Waals surface area contributed by atoms with E-state index >= 15 is 0 Å². The summed E-state index contributed by atoms with van der Waals surface area (Å²) in [5, 5.41) is 11.5. The second-order valence-corrected chi connectivity index (χ2v) is 32.5. The highest BCUT2D eigenvalue weighted by Crippen LogP contribution is 2.37. The lowest BCUT2D eigenvalue weighted by Crippen LogP contribution is -2.41. The number of halogens is 1. The maximum Gasteiger partial charge on any atom is 0.532 e. The molecular weight excluding hydrogens is 1500 g/mol. The summed E-state index contributed by atoms with van der Waals surface area (Å²) < 4.78 is 55.6. The number of carboxylic acids is 1. The molecule has 113 heavy (non-hydrogen) atoms. The number of amides is 1. The molecule has 13 rings (SSSR count). The van der Waals surface area contributed by atoms with E-state index in [2.05, 4.69) is 31.2 Å². The molecule has 0 saturated carbocycles. The first-order valence-corrected chi connectivity index (χ1v) is 38.7. The number of hydrogen-bond acceptors (Lipinski definition) is 18. The van der Waals surface area contributed by atoms with Crippen molar-refractivity contribution < 1.29 is 75.6 Å². The topological polar surface area (TPSA) is 309 Å². The van der Waals surface area contributed by atoms with E-state index in [1.54, 1.807) is 61.1 Å². The highest BCUT2D eigenvalue weighted by molar-refractivity contribution is 9.10. The molecule has 3 unspecified atom stereocenters. The lowest BCUT2D eigenvalue weighted by atomic mass is 9.86. The van der Waals surface area contributed by atoms with Crippen LogP contribution in [0.15, 0.2) is 193 Å². The molecule has 0 spiro atoms. The van der Waals surface area contributed by atoms with Gasteiger partial charge in [0.15, 0.2) is 0 Å². The number of aromatic nitrogens is 2. The minimum absolute atomic E-state index is 0.0648. The van der Waals surface area contributed by atoms with E-state index < -0.39 is 22.8 Å². The van der Waals surface area contributed by atoms with Gasteiger partial charge >= 0.3 is 31.0 Å². The highest BCUT2D eigenvalue weighted by Gasteiger charge is 2.53. The van der Waals surface area contributed by atoms with E-state index in [0.717, 1.165) is 119 Å². The number of carbonyl (C=O) groups excluding carboxylic acids is 4. The minimum atomic E-state index is -0.885. The van der Waals surface area contributed by atoms with E-state index in [-0.39, 0.29) is 78.1 Å². The Kier molecular flexibility index (Phi) is 33.0. The molecule has 4 saturated heterocycles. The monoisotopic (exact) mass is 1610 g/mol. The number of aromatic amines is 2. The molecule has 9 aromatic rings. The first-order valence-electron chi connectivity index (χ1n) is 37.9. The third-order valence-electron chi connectivity index (χ3n) is 18.2. The number of esters is 3. The SMILES string of the molecule is CC(C)(C)OC(=O)c1ccc(-c2ccco2)cc1.CC(C)(C)OC(=O)c1ccc(Br)cc1.CC(C)(C)OC(=O)c1ccc(C2CCCO2)cc1.CC1(C)OB(c2ccco2)OC1(C)C.Cc1cc(C)c(CN)c(=O)[nH]1.Cc1cc(C)c(CNC(=O)c2ccc(C3CCCO3)cc2)c(=O)[nH]1.O=C(O)c1ccc(C2CCCO2)cc1. The summed E-state index contributed by atoms with van der Waals surface area (Å²) in [7, 11) is -0.380. The average molecular weight is 1610 g/mol. The first-order chi connectivity index (χ1) is 53.2. The number of nitrogens with one attached hydrogen (secondary N) is 3. The van der Waals surface area contributed by atoms with Gasteiger partial charge in [-0.05, 0) is 293 Å². The van der Waals surface area contributed by atoms with Crippen LogP contribution in [0.4, 0.5) is 0 Å². The average Bonchev–Trinajstić information content (AvgIpc) is 1.62. The van der Waals surface area contributed by atoms with Crippen LogP contribution in [0.5, 0.6) is 0 Å². The van der Waals surface area contributed by atoms with Gasteiger partial charge in [-0.25, -0.2) is 19.2 Å². The second kappa shape index (κ2) is 41.3. The number of benzene rings is 5. The summed E-state index contributed by atoms with van der Waals surface area (Å²) in [6.07, 6.45) is 10.2. The van der Waals surface area contributed by atoms with Crippen molar-refractivity contribution in [2.45, 2.75) is 216 Å². The zero-order chi connectivity index (χ0) is 83.0. The Morgan fingerprint density at radius 3 is 1.21 bits per heavy atom. The summed E-state index contributed by atoms with van der Waals surface area (Å²) in [5.41, 5.74) is 15.6. The number of aromatic carboxylic acids is 1. The second-order valence-electron chi connectivity index (χ2n) is 31.6. The van der Waals surface area contributed by atoms with Crippen LogP contribution in [0, 0.1) is 27.7 Å². The Balaban J connectivity index is 0.000000185. The van der Waals surface area contributed by atoms with E-state index in [1.165, 1.54) is 0 Å². The predicted molar refractivity (Wildman–Crippen MR) is 440 cm³/mol. The van der Waals surface area contributed by atoms with Crippen LogP contribution in [0.25, 0.3) is 11.3 Å². The van der Waals surface area contributed by atoms with Crippen LogP contribution in [0.2, 0.25) is 0 Å². The molecule has 4 aromatic heterocycles. The van der Waals surface area contributed by atoms with Gasteiger partial charge in [0.05, 0.1) is 64.3 Å². The summed E-state index contributed by atoms with van der Waals surface area (Å²) in [6, 6.07) is 47.4. The molecule has 6 N–H and O–H groups in total. The molecule has 0 aliphatic carbocycles. The van der Waals surface area contributed by atoms with Gasteiger partial charge in [0.25, 0.3) is 17.0 Å². The van der Waals surface area contributed by atoms with Gasteiger partial charge < -0.3 is 72.7 Å². The lowest BCUT2D eigenvalue weighted by molar-refractivity contribution is 0.00569. The van der Waals surface area contributed by atoms with E-state index in [4.69, 9.17) is 57.4 Å². The highest BCUT2D eigenvalue weighted by atomic mass is 79.9. The van der Waals surface area contributed by atoms with Crippen LogP contribution >= 0.6 is 15.9 Å². The first kappa shape index (κ1) is 90.4. The van der Waals surface area contributed by atoms with Crippen LogP contribution in [-0.2, 0) is 50.8 Å². The van der Waals surface area contributed by atoms with Crippen molar-refractivity contribution in [1.29, 1.82) is 0 Å². The largest absolute Gasteiger partial charge is 0.532 e. The summed E-state index contributed by atoms with van der Waals surface area (Å²) in [6.45, 7) is 35.2. The van der Waals surface area contributed by atoms with Crippen molar-refractivity contribution in [3.63, 3.8) is 0 Å². The fraction of sp³-hybridized carbons (Fsp3) is 0.404. The zero-order valence-electron chi connectivity index (χ0n) is 68.1. The molecule has 5 aromatic carbocycles. The lowest BCUT2D eigenvalue weighted by Gasteiger charge is -2.32. The van der Waals surface area contributed by atoms with Gasteiger partial charge in [-0.15, -0.1) is 0 Å². The molecule has 0 bridgehead atoms. The van der Waals surface area contributed by atoms with Gasteiger partial charge in [0, 0.05) is 71.0 Å². The molecule has 4 aliphatic heterocycles. The Bertz CT molecular complexity index is 4620. The van der Waals surface area contributed by atoms with Gasteiger partial charge in [-0.1, -0.05) is 64.5 Å². The number of aryl methyl sites for hydroxylation is 4. The number of ether oxygens (including phenoxy) is 6. The molecular formula is C89H110BBrN4O18. The third-order valence-corrected chi connectivity index (χ3v) is 18.8. The Hall–Kier alpha value is -9.79. The van der Waals surface area contributed by atoms with Crippen LogP contribution in [0.1, 0.15) is 249 Å². The Morgan fingerprint density at radius 1 is 0.513 bits per heavy atom. The maximum absolute atomic E-state index is 12.3. The number of carbonyl (C=O) groups is 5. The van der Waals surface area contributed by atoms with Crippen molar-refractivity contribution in [2.75, 3.05) is 19.8 Å². The predicted octanol–water partition coefficient (Wildman–Crippen LogP) is 17.8. The van der Waals surface area contributed by atoms with E-state index in [0.29, 0.717) is 45.5 Å². The van der Waals surface area contributed by atoms with E-state index in [9.17, 15) is 33.6 Å². The summed E-state index contributed by atoms with van der Waals surface area (Å²) in [5.74, 6) is -1.16. The molecule has 3 atom stereocenters. The molecule has 4 aliphatic rings. The number of H-pyrrole nitrogens is 2. The fourth-order valence-electron chi connectivity index (χ4n) is 11.7. The standard InChI is InChI=1S/C19H22N2O3.C15H20O3.C15H16O3.C11H13BrO2.C11H12O3.C10H15BO3.C8H12N2O/c1-12-10-13(2)21-19(23)16(12)11-20-18(22)15-7-5-14(6-8-15)17-4-3-9-24-17;2*1-15(2,3)18-14(16)12-8-6-11(7-9-12)13-5-4-10-17-13;1-11(2,3)14-10(13)8-4-6-9(12)7-5-8;12-11(13)9-5-3-8(4-6-9)10-2-1-7-14-10;1-9(2)10(3,4)14-11(13-9)8-6-5-7-12-8;1-5-3-6(2)10-8(11)7(5)4-9/h5-8,10,17H,3-4,9,11H2,1-2H3,(H,20,22)(H,21,23);6-9,13H,4-5,10H2,1-3H3;4-10H,1-3H3;4-7H,1-3H3;3-6,10H,1-2,7H2,(H,12,13);5-7H,1-4H3;3H,4,9H2,1-2H3,(H,10,11). The van der Waals surface area contributed by atoms with E-state index in [1.807, 2.05) is 227 Å². The number of furan rings is 2. The third kappa shape index (κ3) is 29.0. The number of hydrogen-bond donors (Lipinski definition) is 5. The fourth-order valence-corrected chi connectivity index (χ4v) is 12.0. The van der Waals surface area contributed by atoms with Gasteiger partial charge in [0.1, 0.15) is 28.2 Å². The molecule has 0 radical (unpaired) electrons. The molecule has 4 fully saturated rings. The van der Waals surface area contributed by atoms with Gasteiger partial charge in [0.2, 0.25) is 0 Å². The molecule has 604 valence electrons. The maximum atomic E-state index is 12.3. The van der Waals surface area contributed by atoms with Crippen molar-refractivity contribution in [1.82, 2.24) is 15.3 Å². The van der Waals surface area contributed by atoms with Crippen molar-refractivity contribution in [2.24, 2.45) is 5.73 Å². The number of pyridine rings is 2. The molecule has 8 heterocycles. The minimum Gasteiger partial charge on any atom is -0.478 e. The summed E-state index contributed by atoms with van der Waals surface area (Å²) >= 11 is 3.30. The number of nitrogens with two attached hydrogens (primary N) is 1. The van der Waals surface area contributed by atoms with Crippen LogP contribution in [-0.4, -0.2) is 99.8 Å². The smallest absolute Gasteiger partial charge is 0.478 e. The van der Waals surface area contributed by atoms with Gasteiger partial charge in [-0.2, -0.15) is 0 Å². The quantitative estimate of drug-likeness (QED) is 0.0407. The molecule has 22 nitrogen and oxygen atoms in total. The number of rotatable bonds is 13. The van der Waals surface area contributed by atoms with Crippen molar-refractivity contribution >= 4 is 58.5 Å². The summed E-state index contributed by atoms with van der Waals surface area (Å²) in [4.78, 5) is 86.7. The van der Waals surface area contributed by atoms with Crippen LogP contribution < -0.4 is 27.8 Å². The Labute approximate surface area is 671 Å². The molecule has 1 amide bonds. The zero-order valence-corrected chi connectivity index (χ0v) is 69.7. The Morgan fingerprint density at radius 2 is 0.876 bits per heavy atom. The number of carboxylic acid groups (broad SMARTS) is 1. The normalized spacial score (nSPS) is 16.5. The molecule has 24 heteroatoms. The van der Waals surface area contributed by atoms with Crippen LogP contribution in [0.3, 0.4) is 0 Å². The van der Waals surface area contributed by atoms with Crippen molar-refractivity contribution in [3.8, 4) is 11.3 Å².